The molecule has 1 aromatic carbocycles. The third kappa shape index (κ3) is 3.62. The van der Waals surface area contributed by atoms with Gasteiger partial charge in [0.25, 0.3) is 0 Å². The number of hydrogen-bond acceptors (Lipinski definition) is 4. The van der Waals surface area contributed by atoms with E-state index in [1.54, 1.807) is 30.3 Å². The Bertz CT molecular complexity index is 524. The zero-order chi connectivity index (χ0) is 13.2. The Morgan fingerprint density at radius 2 is 1.68 bits per heavy atom. The van der Waals surface area contributed by atoms with Crippen LogP contribution in [0.4, 0.5) is 0 Å². The number of hydrogen-bond donors (Lipinski definition) is 0. The van der Waals surface area contributed by atoms with Crippen molar-refractivity contribution in [3.05, 3.63) is 30.3 Å². The third-order valence-electron chi connectivity index (χ3n) is 3.17. The van der Waals surface area contributed by atoms with Crippen molar-refractivity contribution in [2.45, 2.75) is 17.7 Å². The monoisotopic (exact) mass is 332 g/mol. The first kappa shape index (κ1) is 16.3. The normalized spacial score (nSPS) is 17.7. The summed E-state index contributed by atoms with van der Waals surface area (Å²) in [5.74, 6) is -1.63. The Kier molecular flexibility index (Phi) is 5.65. The second-order valence-corrected chi connectivity index (χ2v) is 6.25. The van der Waals surface area contributed by atoms with Crippen LogP contribution < -0.4 is 5.11 Å². The largest absolute Gasteiger partial charge is 0.550 e. The van der Waals surface area contributed by atoms with E-state index < -0.39 is 21.9 Å². The molecule has 0 unspecified atom stereocenters. The van der Waals surface area contributed by atoms with E-state index in [0.717, 1.165) is 0 Å². The number of carboxylic acids is 1. The fourth-order valence-corrected chi connectivity index (χ4v) is 3.56. The minimum atomic E-state index is -3.49. The van der Waals surface area contributed by atoms with Crippen molar-refractivity contribution >= 4 is 16.0 Å². The molecule has 0 aliphatic carbocycles. The summed E-state index contributed by atoms with van der Waals surface area (Å²) in [6.07, 6.45) is 0.628. The van der Waals surface area contributed by atoms with Gasteiger partial charge in [-0.3, -0.25) is 0 Å². The van der Waals surface area contributed by atoms with Crippen molar-refractivity contribution in [1.82, 2.24) is 4.31 Å². The fraction of sp³-hybridized carbons (Fsp3) is 0.417. The summed E-state index contributed by atoms with van der Waals surface area (Å²) in [6, 6.07) is 8.17. The molecule has 1 aromatic rings. The first-order valence-corrected chi connectivity index (χ1v) is 7.22. The predicted octanol–water partition coefficient (Wildman–Crippen LogP) is -0.165. The summed E-state index contributed by atoms with van der Waals surface area (Å²) in [5.41, 5.74) is 0. The average molecular weight is 334 g/mol. The van der Waals surface area contributed by atoms with Crippen LogP contribution >= 0.6 is 0 Å². The molecule has 2 rings (SSSR count). The molecule has 1 aliphatic rings. The fourth-order valence-electron chi connectivity index (χ4n) is 2.07. The Hall–Kier alpha value is -0.777. The van der Waals surface area contributed by atoms with Crippen molar-refractivity contribution < 1.29 is 37.8 Å². The van der Waals surface area contributed by atoms with E-state index in [1.807, 2.05) is 0 Å². The van der Waals surface area contributed by atoms with Crippen molar-refractivity contribution in [1.29, 1.82) is 0 Å². The molecule has 0 amide bonds. The number of sulfonamides is 1. The Labute approximate surface area is 125 Å². The molecule has 0 spiro atoms. The number of carbonyl (C=O) groups excluding carboxylic acids is 1. The first-order chi connectivity index (χ1) is 8.51. The Morgan fingerprint density at radius 1 is 1.16 bits per heavy atom. The van der Waals surface area contributed by atoms with Crippen LogP contribution in [0.2, 0.25) is 0 Å². The Morgan fingerprint density at radius 3 is 2.16 bits per heavy atom. The smallest absolute Gasteiger partial charge is 0.243 e. The van der Waals surface area contributed by atoms with Gasteiger partial charge >= 0.3 is 0 Å². The molecule has 1 fully saturated rings. The van der Waals surface area contributed by atoms with Crippen LogP contribution in [-0.4, -0.2) is 31.8 Å². The van der Waals surface area contributed by atoms with Gasteiger partial charge in [0.15, 0.2) is 0 Å². The van der Waals surface area contributed by atoms with Crippen molar-refractivity contribution in [2.24, 2.45) is 5.92 Å². The van der Waals surface area contributed by atoms with E-state index in [0.29, 0.717) is 12.8 Å². The molecule has 0 bridgehead atoms. The quantitative estimate of drug-likeness (QED) is 0.720. The van der Waals surface area contributed by atoms with Crippen molar-refractivity contribution in [3.8, 4) is 0 Å². The van der Waals surface area contributed by atoms with E-state index in [9.17, 15) is 18.3 Å². The van der Waals surface area contributed by atoms with Gasteiger partial charge < -0.3 is 9.90 Å². The van der Waals surface area contributed by atoms with Crippen LogP contribution in [0.3, 0.4) is 0 Å². The van der Waals surface area contributed by atoms with E-state index >= 15 is 0 Å². The number of carboxylic acid groups (broad SMARTS) is 1. The molecule has 1 saturated heterocycles. The number of nitrogens with zero attached hydrogens (tertiary/aromatic N) is 1. The van der Waals surface area contributed by atoms with Gasteiger partial charge in [-0.25, -0.2) is 8.42 Å². The summed E-state index contributed by atoms with van der Waals surface area (Å²) in [4.78, 5) is 10.9. The number of rotatable bonds is 3. The Balaban J connectivity index is 0.00000180. The van der Waals surface area contributed by atoms with Crippen LogP contribution in [0.15, 0.2) is 35.2 Å². The number of aliphatic carboxylic acids is 1. The molecule has 0 aromatic heterocycles. The average Bonchev–Trinajstić information content (AvgIpc) is 2.40. The molecule has 19 heavy (non-hydrogen) atoms. The van der Waals surface area contributed by atoms with Gasteiger partial charge in [0, 0.05) is 44.5 Å². The molecule has 1 heterocycles. The van der Waals surface area contributed by atoms with Gasteiger partial charge in [-0.1, -0.05) is 18.2 Å². The third-order valence-corrected chi connectivity index (χ3v) is 5.08. The molecular weight excluding hydrogens is 320 g/mol. The SMILES string of the molecule is O=C([O-])C1CCN(S(=O)(=O)c2ccccc2)CC1.[Zn]. The minimum absolute atomic E-state index is 0. The maximum Gasteiger partial charge on any atom is 0.243 e. The maximum absolute atomic E-state index is 12.2. The molecule has 0 saturated carbocycles. The van der Waals surface area contributed by atoms with Gasteiger partial charge in [-0.2, -0.15) is 4.31 Å². The topological polar surface area (TPSA) is 77.5 Å². The number of piperidine rings is 1. The minimum Gasteiger partial charge on any atom is -0.550 e. The maximum atomic E-state index is 12.2. The summed E-state index contributed by atoms with van der Waals surface area (Å²) >= 11 is 0. The van der Waals surface area contributed by atoms with Gasteiger partial charge in [0.2, 0.25) is 10.0 Å². The zero-order valence-electron chi connectivity index (χ0n) is 10.5. The molecule has 1 aliphatic heterocycles. The van der Waals surface area contributed by atoms with Crippen molar-refractivity contribution in [3.63, 3.8) is 0 Å². The van der Waals surface area contributed by atoms with Gasteiger partial charge in [0.1, 0.15) is 0 Å². The molecule has 7 heteroatoms. The van der Waals surface area contributed by atoms with E-state index in [2.05, 4.69) is 0 Å². The standard InChI is InChI=1S/C12H15NO4S.Zn/c14-12(15)10-6-8-13(9-7-10)18(16,17)11-4-2-1-3-5-11;/h1-5,10H,6-9H2,(H,14,15);/p-1. The number of benzene rings is 1. The van der Waals surface area contributed by atoms with Crippen LogP contribution in [0.25, 0.3) is 0 Å². The summed E-state index contributed by atoms with van der Waals surface area (Å²) in [5, 5.41) is 10.7. The van der Waals surface area contributed by atoms with Crippen molar-refractivity contribution in [2.75, 3.05) is 13.1 Å². The number of carbonyl (C=O) groups is 1. The summed E-state index contributed by atoms with van der Waals surface area (Å²) in [7, 11) is -3.49. The van der Waals surface area contributed by atoms with Crippen LogP contribution in [0.5, 0.6) is 0 Å². The van der Waals surface area contributed by atoms with E-state index in [1.165, 1.54) is 4.31 Å². The first-order valence-electron chi connectivity index (χ1n) is 5.78. The molecule has 0 radical (unpaired) electrons. The molecule has 5 nitrogen and oxygen atoms in total. The van der Waals surface area contributed by atoms with E-state index in [4.69, 9.17) is 0 Å². The van der Waals surface area contributed by atoms with Gasteiger partial charge in [-0.15, -0.1) is 0 Å². The molecule has 0 atom stereocenters. The van der Waals surface area contributed by atoms with E-state index in [-0.39, 0.29) is 37.5 Å². The predicted molar refractivity (Wildman–Crippen MR) is 62.9 cm³/mol. The molecule has 0 N–H and O–H groups in total. The van der Waals surface area contributed by atoms with Crippen LogP contribution in [0, 0.1) is 5.92 Å². The van der Waals surface area contributed by atoms with Gasteiger partial charge in [0.05, 0.1) is 4.90 Å². The molecular formula is C12H14NO4SZn-. The van der Waals surface area contributed by atoms with Gasteiger partial charge in [-0.05, 0) is 25.0 Å². The molecule has 100 valence electrons. The van der Waals surface area contributed by atoms with Crippen LogP contribution in [-0.2, 0) is 34.3 Å². The summed E-state index contributed by atoms with van der Waals surface area (Å²) in [6.45, 7) is 0.464. The second kappa shape index (κ2) is 6.59. The zero-order valence-corrected chi connectivity index (χ0v) is 14.3. The second-order valence-electron chi connectivity index (χ2n) is 4.31. The summed E-state index contributed by atoms with van der Waals surface area (Å²) < 4.78 is 25.8. The van der Waals surface area contributed by atoms with Crippen LogP contribution in [0.1, 0.15) is 12.8 Å².